The number of amides is 2. The molecule has 1 aliphatic rings. The molecular formula is C11H17N5O4. The lowest BCUT2D eigenvalue weighted by Crippen LogP contribution is -2.47. The maximum Gasteiger partial charge on any atom is 0.315 e. The molecule has 2 unspecified atom stereocenters. The number of carbonyl (C=O) groups excluding carboxylic acids is 1. The molecule has 9 nitrogen and oxygen atoms in total. The summed E-state index contributed by atoms with van der Waals surface area (Å²) in [6, 6.07) is -0.964. The van der Waals surface area contributed by atoms with Crippen LogP contribution >= 0.6 is 0 Å². The molecule has 0 bridgehead atoms. The average Bonchev–Trinajstić information content (AvgIpc) is 3.04. The van der Waals surface area contributed by atoms with Gasteiger partial charge in [0.05, 0.1) is 25.8 Å². The Balaban J connectivity index is 1.82. The van der Waals surface area contributed by atoms with E-state index in [1.807, 2.05) is 6.92 Å². The minimum Gasteiger partial charge on any atom is -0.481 e. The van der Waals surface area contributed by atoms with Crippen molar-refractivity contribution < 1.29 is 19.4 Å². The van der Waals surface area contributed by atoms with Gasteiger partial charge < -0.3 is 25.0 Å². The summed E-state index contributed by atoms with van der Waals surface area (Å²) in [7, 11) is 0. The van der Waals surface area contributed by atoms with Gasteiger partial charge in [0.25, 0.3) is 0 Å². The molecule has 9 heteroatoms. The van der Waals surface area contributed by atoms with Crippen LogP contribution in [0.2, 0.25) is 0 Å². The Labute approximate surface area is 115 Å². The van der Waals surface area contributed by atoms with Gasteiger partial charge in [-0.05, 0) is 6.92 Å². The van der Waals surface area contributed by atoms with Crippen LogP contribution in [0, 0.1) is 5.92 Å². The Morgan fingerprint density at radius 1 is 1.55 bits per heavy atom. The average molecular weight is 283 g/mol. The van der Waals surface area contributed by atoms with E-state index in [9.17, 15) is 9.59 Å². The maximum atomic E-state index is 11.7. The molecule has 1 aromatic rings. The third-order valence-electron chi connectivity index (χ3n) is 3.16. The molecule has 0 spiro atoms. The topological polar surface area (TPSA) is 118 Å². The smallest absolute Gasteiger partial charge is 0.315 e. The summed E-state index contributed by atoms with van der Waals surface area (Å²) in [4.78, 5) is 22.7. The lowest BCUT2D eigenvalue weighted by Gasteiger charge is -2.16. The van der Waals surface area contributed by atoms with E-state index < -0.39 is 24.0 Å². The quantitative estimate of drug-likeness (QED) is 0.651. The van der Waals surface area contributed by atoms with E-state index in [0.29, 0.717) is 12.4 Å². The zero-order valence-electron chi connectivity index (χ0n) is 11.1. The zero-order valence-corrected chi connectivity index (χ0v) is 11.1. The van der Waals surface area contributed by atoms with Crippen LogP contribution in [0.1, 0.15) is 12.7 Å². The fourth-order valence-corrected chi connectivity index (χ4v) is 2.00. The highest BCUT2D eigenvalue weighted by Gasteiger charge is 2.35. The summed E-state index contributed by atoms with van der Waals surface area (Å²) in [5.41, 5.74) is 0. The fraction of sp³-hybridized carbons (Fsp3) is 0.636. The van der Waals surface area contributed by atoms with Gasteiger partial charge in [-0.25, -0.2) is 4.79 Å². The van der Waals surface area contributed by atoms with Crippen LogP contribution in [0.3, 0.4) is 0 Å². The van der Waals surface area contributed by atoms with E-state index in [1.54, 1.807) is 10.9 Å². The van der Waals surface area contributed by atoms with Crippen molar-refractivity contribution in [1.29, 1.82) is 0 Å². The van der Waals surface area contributed by atoms with Crippen molar-refractivity contribution in [1.82, 2.24) is 25.4 Å². The van der Waals surface area contributed by atoms with Gasteiger partial charge in [-0.1, -0.05) is 0 Å². The van der Waals surface area contributed by atoms with Crippen molar-refractivity contribution in [3.8, 4) is 0 Å². The highest BCUT2D eigenvalue weighted by atomic mass is 16.5. The molecule has 1 aliphatic heterocycles. The number of carboxylic acids is 1. The monoisotopic (exact) mass is 283 g/mol. The minimum absolute atomic E-state index is 0.116. The number of aliphatic carboxylic acids is 1. The molecule has 2 amide bonds. The standard InChI is InChI=1S/C11H17N5O4/c1-2-16-6-13-15-9(16)3-12-11(19)14-8-5-20-4-7(8)10(17)18/h6-8H,2-5H2,1H3,(H,17,18)(H2,12,14,19). The van der Waals surface area contributed by atoms with Crippen molar-refractivity contribution >= 4 is 12.0 Å². The number of carboxylic acid groups (broad SMARTS) is 1. The molecule has 110 valence electrons. The Hall–Kier alpha value is -2.16. The van der Waals surface area contributed by atoms with Crippen molar-refractivity contribution in [3.63, 3.8) is 0 Å². The van der Waals surface area contributed by atoms with Crippen LogP contribution in [-0.4, -0.2) is 51.1 Å². The number of hydrogen-bond donors (Lipinski definition) is 3. The molecule has 1 saturated heterocycles. The van der Waals surface area contributed by atoms with E-state index in [4.69, 9.17) is 9.84 Å². The molecule has 0 saturated carbocycles. The summed E-state index contributed by atoms with van der Waals surface area (Å²) in [6.07, 6.45) is 1.58. The van der Waals surface area contributed by atoms with Gasteiger partial charge in [0, 0.05) is 6.54 Å². The van der Waals surface area contributed by atoms with Crippen molar-refractivity contribution in [2.45, 2.75) is 26.1 Å². The largest absolute Gasteiger partial charge is 0.481 e. The Kier molecular flexibility index (Phi) is 4.51. The molecule has 0 aliphatic carbocycles. The van der Waals surface area contributed by atoms with Crippen molar-refractivity contribution in [2.75, 3.05) is 13.2 Å². The van der Waals surface area contributed by atoms with Gasteiger partial charge in [0.2, 0.25) is 0 Å². The van der Waals surface area contributed by atoms with Crippen LogP contribution in [0.25, 0.3) is 0 Å². The highest BCUT2D eigenvalue weighted by Crippen LogP contribution is 2.13. The number of hydrogen-bond acceptors (Lipinski definition) is 5. The normalized spacial score (nSPS) is 21.6. The van der Waals surface area contributed by atoms with Crippen LogP contribution in [0.15, 0.2) is 6.33 Å². The first-order valence-electron chi connectivity index (χ1n) is 6.33. The number of aromatic nitrogens is 3. The third kappa shape index (κ3) is 3.23. The Bertz CT molecular complexity index is 489. The van der Waals surface area contributed by atoms with Crippen molar-refractivity contribution in [3.05, 3.63) is 12.2 Å². The summed E-state index contributed by atoms with van der Waals surface area (Å²) >= 11 is 0. The van der Waals surface area contributed by atoms with E-state index in [2.05, 4.69) is 20.8 Å². The van der Waals surface area contributed by atoms with Gasteiger partial charge in [-0.2, -0.15) is 0 Å². The first-order valence-corrected chi connectivity index (χ1v) is 6.33. The van der Waals surface area contributed by atoms with E-state index in [1.165, 1.54) is 0 Å². The molecule has 20 heavy (non-hydrogen) atoms. The first kappa shape index (κ1) is 14.3. The number of aryl methyl sites for hydroxylation is 1. The van der Waals surface area contributed by atoms with E-state index in [0.717, 1.165) is 0 Å². The van der Waals surface area contributed by atoms with Gasteiger partial charge in [-0.15, -0.1) is 10.2 Å². The number of nitrogens with one attached hydrogen (secondary N) is 2. The predicted molar refractivity (Wildman–Crippen MR) is 66.8 cm³/mol. The van der Waals surface area contributed by atoms with Gasteiger partial charge in [0.1, 0.15) is 12.2 Å². The molecule has 2 atom stereocenters. The fourth-order valence-electron chi connectivity index (χ4n) is 2.00. The number of urea groups is 1. The molecule has 2 heterocycles. The molecule has 1 fully saturated rings. The summed E-state index contributed by atoms with van der Waals surface area (Å²) in [5.74, 6) is -1.04. The molecule has 0 aromatic carbocycles. The number of ether oxygens (including phenoxy) is 1. The van der Waals surface area contributed by atoms with Gasteiger partial charge in [0.15, 0.2) is 5.82 Å². The number of carbonyl (C=O) groups is 2. The van der Waals surface area contributed by atoms with Crippen LogP contribution in [-0.2, 0) is 22.6 Å². The van der Waals surface area contributed by atoms with E-state index >= 15 is 0 Å². The van der Waals surface area contributed by atoms with Crippen LogP contribution in [0.5, 0.6) is 0 Å². The molecular weight excluding hydrogens is 266 g/mol. The summed E-state index contributed by atoms with van der Waals surface area (Å²) < 4.78 is 6.87. The predicted octanol–water partition coefficient (Wildman–Crippen LogP) is -0.803. The zero-order chi connectivity index (χ0) is 14.5. The number of nitrogens with zero attached hydrogens (tertiary/aromatic N) is 3. The number of rotatable bonds is 5. The van der Waals surface area contributed by atoms with Gasteiger partial charge >= 0.3 is 12.0 Å². The van der Waals surface area contributed by atoms with Crippen LogP contribution < -0.4 is 10.6 Å². The Morgan fingerprint density at radius 2 is 2.35 bits per heavy atom. The second kappa shape index (κ2) is 6.33. The summed E-state index contributed by atoms with van der Waals surface area (Å²) in [6.45, 7) is 3.20. The minimum atomic E-state index is -0.974. The molecule has 0 radical (unpaired) electrons. The Morgan fingerprint density at radius 3 is 3.05 bits per heavy atom. The second-order valence-electron chi connectivity index (χ2n) is 4.45. The maximum absolute atomic E-state index is 11.7. The molecule has 1 aromatic heterocycles. The lowest BCUT2D eigenvalue weighted by molar-refractivity contribution is -0.142. The summed E-state index contributed by atoms with van der Waals surface area (Å²) in [5, 5.41) is 21.8. The molecule has 3 N–H and O–H groups in total. The van der Waals surface area contributed by atoms with Crippen molar-refractivity contribution in [2.24, 2.45) is 5.92 Å². The third-order valence-corrected chi connectivity index (χ3v) is 3.16. The highest BCUT2D eigenvalue weighted by molar-refractivity contribution is 5.77. The lowest BCUT2D eigenvalue weighted by atomic mass is 10.0. The van der Waals surface area contributed by atoms with Crippen LogP contribution in [0.4, 0.5) is 4.79 Å². The SMILES string of the molecule is CCn1cnnc1CNC(=O)NC1COCC1C(=O)O. The first-order chi connectivity index (χ1) is 9.61. The van der Waals surface area contributed by atoms with E-state index in [-0.39, 0.29) is 19.8 Å². The second-order valence-corrected chi connectivity index (χ2v) is 4.45. The molecule has 2 rings (SSSR count). The van der Waals surface area contributed by atoms with Gasteiger partial charge in [-0.3, -0.25) is 4.79 Å².